The Kier molecular flexibility index (Phi) is 10.1. The van der Waals surface area contributed by atoms with E-state index in [1.807, 2.05) is 18.2 Å². The fourth-order valence-electron chi connectivity index (χ4n) is 4.71. The highest BCUT2D eigenvalue weighted by Gasteiger charge is 2.24. The lowest BCUT2D eigenvalue weighted by atomic mass is 10.1. The Morgan fingerprint density at radius 1 is 0.844 bits per heavy atom. The summed E-state index contributed by atoms with van der Waals surface area (Å²) in [5.41, 5.74) is 2.96. The number of anilines is 1. The van der Waals surface area contributed by atoms with Crippen LogP contribution < -0.4 is 33.3 Å². The molecule has 0 bridgehead atoms. The first-order valence-corrected chi connectivity index (χ1v) is 15.5. The number of rotatable bonds is 14. The lowest BCUT2D eigenvalue weighted by Crippen LogP contribution is -2.33. The van der Waals surface area contributed by atoms with Gasteiger partial charge in [-0.3, -0.25) is 4.79 Å². The van der Waals surface area contributed by atoms with Crippen LogP contribution >= 0.6 is 23.1 Å². The minimum absolute atomic E-state index is 0.0696. The molecule has 12 nitrogen and oxygen atoms in total. The van der Waals surface area contributed by atoms with Crippen LogP contribution in [0.5, 0.6) is 34.5 Å². The average Bonchev–Trinajstić information content (AvgIpc) is 3.71. The van der Waals surface area contributed by atoms with Crippen LogP contribution in [0.25, 0.3) is 10.2 Å². The number of ether oxygens (including phenoxy) is 6. The van der Waals surface area contributed by atoms with Crippen molar-refractivity contribution in [2.45, 2.75) is 23.2 Å². The molecule has 0 spiro atoms. The molecule has 2 heterocycles. The fraction of sp³-hybridized carbons (Fsp3) is 0.290. The van der Waals surface area contributed by atoms with E-state index in [-0.39, 0.29) is 19.0 Å². The number of amides is 1. The Morgan fingerprint density at radius 3 is 2.02 bits per heavy atom. The van der Waals surface area contributed by atoms with Gasteiger partial charge in [0.25, 0.3) is 0 Å². The Balaban J connectivity index is 1.42. The molecule has 3 aromatic carbocycles. The zero-order chi connectivity index (χ0) is 31.9. The maximum Gasteiger partial charge on any atom is 0.249 e. The Morgan fingerprint density at radius 2 is 1.44 bits per heavy atom. The molecular formula is C31H33N5O7S2. The molecule has 2 aromatic heterocycles. The van der Waals surface area contributed by atoms with Gasteiger partial charge in [0, 0.05) is 24.1 Å². The van der Waals surface area contributed by atoms with Crippen LogP contribution in [0.1, 0.15) is 11.3 Å². The molecule has 236 valence electrons. The van der Waals surface area contributed by atoms with Gasteiger partial charge in [-0.2, -0.15) is 0 Å². The average molecular weight is 652 g/mol. The van der Waals surface area contributed by atoms with E-state index < -0.39 is 0 Å². The molecule has 0 N–H and O–H groups in total. The molecule has 1 amide bonds. The quantitative estimate of drug-likeness (QED) is 0.142. The Bertz CT molecular complexity index is 1710. The first-order valence-electron chi connectivity index (χ1n) is 13.7. The molecule has 5 rings (SSSR count). The van der Waals surface area contributed by atoms with Crippen molar-refractivity contribution in [1.82, 2.24) is 20.0 Å². The van der Waals surface area contributed by atoms with E-state index in [4.69, 9.17) is 28.4 Å². The van der Waals surface area contributed by atoms with Crippen molar-refractivity contribution in [3.8, 4) is 34.5 Å². The highest BCUT2D eigenvalue weighted by Crippen LogP contribution is 2.43. The summed E-state index contributed by atoms with van der Waals surface area (Å²) in [7, 11) is 9.19. The van der Waals surface area contributed by atoms with E-state index in [1.165, 1.54) is 33.1 Å². The monoisotopic (exact) mass is 651 g/mol. The predicted molar refractivity (Wildman–Crippen MR) is 173 cm³/mol. The lowest BCUT2D eigenvalue weighted by molar-refractivity contribution is -0.119. The predicted octanol–water partition coefficient (Wildman–Crippen LogP) is 5.47. The number of para-hydroxylation sites is 1. The smallest absolute Gasteiger partial charge is 0.249 e. The Hall–Kier alpha value is -4.69. The molecule has 5 aromatic rings. The lowest BCUT2D eigenvalue weighted by Gasteiger charge is -2.25. The number of thioether (sulfide) groups is 1. The van der Waals surface area contributed by atoms with E-state index in [2.05, 4.69) is 21.4 Å². The standard InChI is InChI=1S/C31H33N5O7S2/c1-38-23-11-19(12-24(39-2)29(23)42-5)15-36(21-13-25(40-3)30(43-6)26(14-21)41-4)28(37)17-35-16-20(33-34-35)18-44-31-32-22-9-7-8-10-27(22)45-31/h7-14,16H,15,17-18H2,1-6H3. The van der Waals surface area contributed by atoms with Crippen LogP contribution in [0, 0.1) is 0 Å². The highest BCUT2D eigenvalue weighted by atomic mass is 32.2. The molecule has 0 atom stereocenters. The molecule has 45 heavy (non-hydrogen) atoms. The summed E-state index contributed by atoms with van der Waals surface area (Å²) >= 11 is 3.21. The fourth-order valence-corrected chi connectivity index (χ4v) is 6.66. The highest BCUT2D eigenvalue weighted by molar-refractivity contribution is 8.00. The van der Waals surface area contributed by atoms with Gasteiger partial charge in [-0.1, -0.05) is 29.1 Å². The third kappa shape index (κ3) is 7.02. The summed E-state index contributed by atoms with van der Waals surface area (Å²) < 4.78 is 36.8. The van der Waals surface area contributed by atoms with Gasteiger partial charge < -0.3 is 33.3 Å². The zero-order valence-electron chi connectivity index (χ0n) is 25.7. The number of aromatic nitrogens is 4. The number of carbonyl (C=O) groups is 1. The summed E-state index contributed by atoms with van der Waals surface area (Å²) in [4.78, 5) is 20.3. The normalized spacial score (nSPS) is 10.9. The van der Waals surface area contributed by atoms with Gasteiger partial charge in [0.2, 0.25) is 17.4 Å². The Labute approximate surface area is 268 Å². The van der Waals surface area contributed by atoms with Gasteiger partial charge >= 0.3 is 0 Å². The number of hydrogen-bond acceptors (Lipinski definition) is 12. The third-order valence-electron chi connectivity index (χ3n) is 6.83. The summed E-state index contributed by atoms with van der Waals surface area (Å²) in [5.74, 6) is 2.92. The molecule has 0 unspecified atom stereocenters. The number of thiazole rings is 1. The van der Waals surface area contributed by atoms with Crippen molar-refractivity contribution in [3.05, 3.63) is 66.0 Å². The first kappa shape index (κ1) is 31.7. The number of hydrogen-bond donors (Lipinski definition) is 0. The van der Waals surface area contributed by atoms with Crippen molar-refractivity contribution < 1.29 is 33.2 Å². The molecule has 0 saturated heterocycles. The van der Waals surface area contributed by atoms with Gasteiger partial charge in [0.05, 0.1) is 70.8 Å². The molecule has 0 aliphatic carbocycles. The second kappa shape index (κ2) is 14.4. The van der Waals surface area contributed by atoms with E-state index in [0.29, 0.717) is 45.9 Å². The second-order valence-corrected chi connectivity index (χ2v) is 11.8. The molecule has 0 fully saturated rings. The summed E-state index contributed by atoms with van der Waals surface area (Å²) in [6.07, 6.45) is 1.77. The number of methoxy groups -OCH3 is 6. The second-order valence-electron chi connectivity index (χ2n) is 9.54. The van der Waals surface area contributed by atoms with E-state index in [0.717, 1.165) is 25.8 Å². The summed E-state index contributed by atoms with van der Waals surface area (Å²) in [6.45, 7) is 0.0864. The first-order chi connectivity index (χ1) is 21.9. The molecule has 0 radical (unpaired) electrons. The number of benzene rings is 3. The molecule has 0 aliphatic heterocycles. The number of fused-ring (bicyclic) bond motifs is 1. The minimum atomic E-state index is -0.256. The van der Waals surface area contributed by atoms with Gasteiger partial charge in [0.15, 0.2) is 27.3 Å². The van der Waals surface area contributed by atoms with Crippen molar-refractivity contribution in [2.24, 2.45) is 0 Å². The minimum Gasteiger partial charge on any atom is -0.493 e. The van der Waals surface area contributed by atoms with Gasteiger partial charge in [-0.05, 0) is 29.8 Å². The van der Waals surface area contributed by atoms with Crippen molar-refractivity contribution in [2.75, 3.05) is 47.6 Å². The van der Waals surface area contributed by atoms with Gasteiger partial charge in [0.1, 0.15) is 6.54 Å². The maximum atomic E-state index is 14.0. The van der Waals surface area contributed by atoms with Crippen molar-refractivity contribution in [3.63, 3.8) is 0 Å². The van der Waals surface area contributed by atoms with E-state index in [9.17, 15) is 4.79 Å². The van der Waals surface area contributed by atoms with Crippen LogP contribution in [0.3, 0.4) is 0 Å². The van der Waals surface area contributed by atoms with Crippen molar-refractivity contribution >= 4 is 44.9 Å². The summed E-state index contributed by atoms with van der Waals surface area (Å²) in [5, 5.41) is 8.52. The SMILES string of the molecule is COc1cc(CN(C(=O)Cn2cc(CSc3nc4ccccc4s3)nn2)c2cc(OC)c(OC)c(OC)c2)cc(OC)c1OC. The summed E-state index contributed by atoms with van der Waals surface area (Å²) in [6, 6.07) is 15.1. The molecule has 0 aliphatic rings. The largest absolute Gasteiger partial charge is 0.493 e. The van der Waals surface area contributed by atoms with Gasteiger partial charge in [-0.15, -0.1) is 16.4 Å². The van der Waals surface area contributed by atoms with Crippen molar-refractivity contribution in [1.29, 1.82) is 0 Å². The van der Waals surface area contributed by atoms with Crippen LogP contribution in [0.2, 0.25) is 0 Å². The topological polar surface area (TPSA) is 119 Å². The van der Waals surface area contributed by atoms with E-state index >= 15 is 0 Å². The van der Waals surface area contributed by atoms with Crippen LogP contribution in [-0.2, 0) is 23.6 Å². The molecular weight excluding hydrogens is 619 g/mol. The number of carbonyl (C=O) groups excluding carboxylic acids is 1. The number of nitrogens with zero attached hydrogens (tertiary/aromatic N) is 5. The molecule has 14 heteroatoms. The third-order valence-corrected chi connectivity index (χ3v) is 9.04. The molecule has 0 saturated carbocycles. The van der Waals surface area contributed by atoms with Crippen LogP contribution in [0.15, 0.2) is 59.1 Å². The maximum absolute atomic E-state index is 14.0. The van der Waals surface area contributed by atoms with Crippen LogP contribution in [0.4, 0.5) is 5.69 Å². The zero-order valence-corrected chi connectivity index (χ0v) is 27.4. The van der Waals surface area contributed by atoms with Gasteiger partial charge in [-0.25, -0.2) is 9.67 Å². The van der Waals surface area contributed by atoms with E-state index in [1.54, 1.807) is 72.7 Å². The van der Waals surface area contributed by atoms with Crippen LogP contribution in [-0.4, -0.2) is 68.5 Å².